The first-order valence-corrected chi connectivity index (χ1v) is 7.39. The van der Waals surface area contributed by atoms with Crippen LogP contribution in [-0.4, -0.2) is 75.6 Å². The lowest BCUT2D eigenvalue weighted by molar-refractivity contribution is -0.141. The number of rotatable bonds is 10. The first-order valence-electron chi connectivity index (χ1n) is 6.98. The van der Waals surface area contributed by atoms with Gasteiger partial charge in [-0.1, -0.05) is 0 Å². The van der Waals surface area contributed by atoms with Gasteiger partial charge >= 0.3 is 5.97 Å². The summed E-state index contributed by atoms with van der Waals surface area (Å²) in [5.74, 6) is -2.64. The van der Waals surface area contributed by atoms with Crippen LogP contribution in [0, 0.1) is 0 Å². The van der Waals surface area contributed by atoms with Crippen LogP contribution in [0.3, 0.4) is 0 Å². The molecule has 10 N–H and O–H groups in total. The Morgan fingerprint density at radius 3 is 2.25 bits per heavy atom. The molecule has 0 fully saturated rings. The van der Waals surface area contributed by atoms with E-state index in [0.717, 1.165) is 0 Å². The fraction of sp³-hybridized carbons (Fsp3) is 0.667. The van der Waals surface area contributed by atoms with Crippen LogP contribution < -0.4 is 27.4 Å². The van der Waals surface area contributed by atoms with E-state index in [1.807, 2.05) is 0 Å². The average Bonchev–Trinajstić information content (AvgIpc) is 2.47. The van der Waals surface area contributed by atoms with Crippen LogP contribution in [0.25, 0.3) is 0 Å². The standard InChI is InChI=1S/C12H23N5O6S/c1-5(19)9(11(22)23)17-12(24)16-6(2-8(14)20)3-15-10(21)7(13)4-18/h5-7,9,18-19H,2-4,13H2,1H3,(H2,14,20)(H,15,21)(H,22,23)(H2,16,17,24)/t5?,6-,7-,9-/m0/s1. The highest BCUT2D eigenvalue weighted by molar-refractivity contribution is 7.80. The average molecular weight is 365 g/mol. The largest absolute Gasteiger partial charge is 0.480 e. The number of primary amides is 1. The molecule has 0 rings (SSSR count). The number of aliphatic hydroxyl groups is 2. The maximum Gasteiger partial charge on any atom is 0.328 e. The Bertz CT molecular complexity index is 475. The Morgan fingerprint density at radius 1 is 1.25 bits per heavy atom. The minimum absolute atomic E-state index is 0.0935. The maximum atomic E-state index is 11.5. The number of carboxylic acids is 1. The minimum Gasteiger partial charge on any atom is -0.480 e. The third-order valence-corrected chi connectivity index (χ3v) is 3.11. The topological polar surface area (TPSA) is 200 Å². The van der Waals surface area contributed by atoms with Crippen molar-refractivity contribution in [1.82, 2.24) is 16.0 Å². The fourth-order valence-electron chi connectivity index (χ4n) is 1.61. The molecule has 0 aromatic heterocycles. The van der Waals surface area contributed by atoms with E-state index in [1.165, 1.54) is 6.92 Å². The number of nitrogens with one attached hydrogen (secondary N) is 3. The number of carboxylic acid groups (broad SMARTS) is 1. The molecule has 0 aliphatic rings. The molecule has 12 heteroatoms. The van der Waals surface area contributed by atoms with Crippen LogP contribution in [0.2, 0.25) is 0 Å². The summed E-state index contributed by atoms with van der Waals surface area (Å²) in [5.41, 5.74) is 10.4. The highest BCUT2D eigenvalue weighted by Gasteiger charge is 2.25. The van der Waals surface area contributed by atoms with Gasteiger partial charge in [0.05, 0.1) is 18.8 Å². The second-order valence-electron chi connectivity index (χ2n) is 5.08. The van der Waals surface area contributed by atoms with Crippen molar-refractivity contribution in [2.24, 2.45) is 11.5 Å². The summed E-state index contributed by atoms with van der Waals surface area (Å²) in [7, 11) is 0. The summed E-state index contributed by atoms with van der Waals surface area (Å²) in [6, 6.07) is -3.20. The maximum absolute atomic E-state index is 11.5. The molecule has 0 saturated carbocycles. The predicted molar refractivity (Wildman–Crippen MR) is 87.6 cm³/mol. The number of carbonyl (C=O) groups excluding carboxylic acids is 2. The first-order chi connectivity index (χ1) is 11.1. The lowest BCUT2D eigenvalue weighted by Gasteiger charge is -2.24. The van der Waals surface area contributed by atoms with Crippen LogP contribution in [0.4, 0.5) is 0 Å². The number of aliphatic hydroxyl groups excluding tert-OH is 2. The molecule has 0 spiro atoms. The van der Waals surface area contributed by atoms with Crippen molar-refractivity contribution < 1.29 is 29.7 Å². The molecule has 24 heavy (non-hydrogen) atoms. The molecule has 0 aliphatic carbocycles. The summed E-state index contributed by atoms with van der Waals surface area (Å²) in [5, 5.41) is 34.4. The second-order valence-corrected chi connectivity index (χ2v) is 5.48. The van der Waals surface area contributed by atoms with Crippen molar-refractivity contribution in [2.45, 2.75) is 37.6 Å². The van der Waals surface area contributed by atoms with Gasteiger partial charge in [0.25, 0.3) is 0 Å². The van der Waals surface area contributed by atoms with Crippen molar-refractivity contribution in [1.29, 1.82) is 0 Å². The molecule has 4 atom stereocenters. The highest BCUT2D eigenvalue weighted by atomic mass is 32.1. The van der Waals surface area contributed by atoms with E-state index < -0.39 is 48.6 Å². The Balaban J connectivity index is 4.71. The van der Waals surface area contributed by atoms with E-state index >= 15 is 0 Å². The zero-order valence-corrected chi connectivity index (χ0v) is 13.9. The lowest BCUT2D eigenvalue weighted by Crippen LogP contribution is -2.56. The predicted octanol–water partition coefficient (Wildman–Crippen LogP) is -4.04. The summed E-state index contributed by atoms with van der Waals surface area (Å²) < 4.78 is 0. The van der Waals surface area contributed by atoms with Crippen LogP contribution in [0.5, 0.6) is 0 Å². The van der Waals surface area contributed by atoms with Gasteiger partial charge < -0.3 is 42.7 Å². The van der Waals surface area contributed by atoms with Crippen molar-refractivity contribution in [3.05, 3.63) is 0 Å². The zero-order chi connectivity index (χ0) is 18.9. The van der Waals surface area contributed by atoms with E-state index in [-0.39, 0.29) is 18.1 Å². The number of hydrogen-bond acceptors (Lipinski definition) is 7. The van der Waals surface area contributed by atoms with E-state index in [1.54, 1.807) is 0 Å². The lowest BCUT2D eigenvalue weighted by atomic mass is 10.2. The second kappa shape index (κ2) is 10.7. The van der Waals surface area contributed by atoms with Crippen LogP contribution in [0.1, 0.15) is 13.3 Å². The molecule has 11 nitrogen and oxygen atoms in total. The normalized spacial score (nSPS) is 15.5. The van der Waals surface area contributed by atoms with E-state index in [4.69, 9.17) is 33.9 Å². The quantitative estimate of drug-likeness (QED) is 0.176. The molecule has 0 aromatic rings. The van der Waals surface area contributed by atoms with Gasteiger partial charge in [-0.25, -0.2) is 4.79 Å². The molecule has 0 heterocycles. The van der Waals surface area contributed by atoms with Gasteiger partial charge in [0.15, 0.2) is 11.2 Å². The smallest absolute Gasteiger partial charge is 0.328 e. The van der Waals surface area contributed by atoms with Crippen molar-refractivity contribution in [3.8, 4) is 0 Å². The van der Waals surface area contributed by atoms with Crippen LogP contribution >= 0.6 is 12.2 Å². The molecular weight excluding hydrogens is 342 g/mol. The van der Waals surface area contributed by atoms with Gasteiger partial charge in [-0.3, -0.25) is 9.59 Å². The number of hydrogen-bond donors (Lipinski definition) is 8. The molecule has 0 saturated heterocycles. The van der Waals surface area contributed by atoms with E-state index in [9.17, 15) is 19.5 Å². The van der Waals surface area contributed by atoms with Gasteiger partial charge in [0.1, 0.15) is 6.04 Å². The van der Waals surface area contributed by atoms with Gasteiger partial charge in [0.2, 0.25) is 11.8 Å². The van der Waals surface area contributed by atoms with Crippen molar-refractivity contribution in [3.63, 3.8) is 0 Å². The minimum atomic E-state index is -1.35. The first kappa shape index (κ1) is 22.0. The number of thiocarbonyl (C=S) groups is 1. The molecule has 0 radical (unpaired) electrons. The third kappa shape index (κ3) is 8.57. The summed E-state index contributed by atoms with van der Waals surface area (Å²) in [6.45, 7) is 0.629. The molecule has 0 bridgehead atoms. The van der Waals surface area contributed by atoms with Gasteiger partial charge in [-0.2, -0.15) is 0 Å². The fourth-order valence-corrected chi connectivity index (χ4v) is 1.91. The molecule has 2 amide bonds. The summed E-state index contributed by atoms with van der Waals surface area (Å²) in [6.07, 6.45) is -1.43. The van der Waals surface area contributed by atoms with Gasteiger partial charge in [-0.15, -0.1) is 0 Å². The molecular formula is C12H23N5O6S. The Hall–Kier alpha value is -2.02. The Morgan fingerprint density at radius 2 is 1.83 bits per heavy atom. The van der Waals surface area contributed by atoms with E-state index in [2.05, 4.69) is 16.0 Å². The molecule has 0 aromatic carbocycles. The van der Waals surface area contributed by atoms with Gasteiger partial charge in [0, 0.05) is 13.0 Å². The summed E-state index contributed by atoms with van der Waals surface area (Å²) >= 11 is 4.93. The highest BCUT2D eigenvalue weighted by Crippen LogP contribution is 1.95. The number of amides is 2. The summed E-state index contributed by atoms with van der Waals surface area (Å²) in [4.78, 5) is 33.6. The van der Waals surface area contributed by atoms with Crippen LogP contribution in [0.15, 0.2) is 0 Å². The van der Waals surface area contributed by atoms with E-state index in [0.29, 0.717) is 0 Å². The van der Waals surface area contributed by atoms with Crippen molar-refractivity contribution in [2.75, 3.05) is 13.2 Å². The SMILES string of the molecule is CC(O)[C@H](NC(=S)N[C@H](CNC(=O)[C@@H](N)CO)CC(N)=O)C(=O)O. The zero-order valence-electron chi connectivity index (χ0n) is 13.1. The molecule has 0 aliphatic heterocycles. The van der Waals surface area contributed by atoms with Crippen molar-refractivity contribution >= 4 is 35.1 Å². The Labute approximate surface area is 143 Å². The Kier molecular flexibility index (Phi) is 9.80. The molecule has 1 unspecified atom stereocenters. The number of carbonyl (C=O) groups is 3. The number of aliphatic carboxylic acids is 1. The molecule has 138 valence electrons. The number of nitrogens with two attached hydrogens (primary N) is 2. The van der Waals surface area contributed by atoms with Crippen LogP contribution in [-0.2, 0) is 14.4 Å². The third-order valence-electron chi connectivity index (χ3n) is 2.87. The monoisotopic (exact) mass is 365 g/mol. The van der Waals surface area contributed by atoms with Gasteiger partial charge in [-0.05, 0) is 19.1 Å².